The van der Waals surface area contributed by atoms with E-state index in [1.165, 1.54) is 24.3 Å². The van der Waals surface area contributed by atoms with Gasteiger partial charge in [0.2, 0.25) is 29.8 Å². The van der Waals surface area contributed by atoms with Crippen LogP contribution in [0, 0.1) is 0 Å². The summed E-state index contributed by atoms with van der Waals surface area (Å²) in [6, 6.07) is 6.38. The fourth-order valence-corrected chi connectivity index (χ4v) is 4.58. The standard InChI is InChI=1S/C26H28O16/c27-6-13-16(32)18(34)20(36)26(40-13)42-24-21(37)23(41-25-19(35)15(31)11(30)7-38-25)17(33)14-10(29)5-12(39-22(14)24)8-1-3-9(28)4-2-8/h1-5,11,13,15-16,18-20,25-28,30-37H,6-7H2. The second kappa shape index (κ2) is 11.5. The van der Waals surface area contributed by atoms with Gasteiger partial charge in [0.05, 0.1) is 13.2 Å². The maximum atomic E-state index is 13.3. The second-order valence-corrected chi connectivity index (χ2v) is 9.76. The fourth-order valence-electron chi connectivity index (χ4n) is 4.58. The maximum absolute atomic E-state index is 13.3. The van der Waals surface area contributed by atoms with Crippen molar-refractivity contribution in [3.63, 3.8) is 0 Å². The van der Waals surface area contributed by atoms with E-state index in [2.05, 4.69) is 0 Å². The van der Waals surface area contributed by atoms with Crippen molar-refractivity contribution in [2.45, 2.75) is 55.3 Å². The Hall–Kier alpha value is -3.71. The number of fused-ring (bicyclic) bond motifs is 1. The lowest BCUT2D eigenvalue weighted by atomic mass is 9.99. The van der Waals surface area contributed by atoms with Crippen LogP contribution >= 0.6 is 0 Å². The van der Waals surface area contributed by atoms with Crippen LogP contribution in [0.2, 0.25) is 0 Å². The van der Waals surface area contributed by atoms with Gasteiger partial charge in [0.1, 0.15) is 59.6 Å². The van der Waals surface area contributed by atoms with Gasteiger partial charge in [-0.2, -0.15) is 0 Å². The summed E-state index contributed by atoms with van der Waals surface area (Å²) >= 11 is 0. The quantitative estimate of drug-likeness (QED) is 0.142. The molecule has 1 aromatic heterocycles. The molecular formula is C26H28O16. The highest BCUT2D eigenvalue weighted by Crippen LogP contribution is 2.51. The van der Waals surface area contributed by atoms with Crippen molar-refractivity contribution in [2.75, 3.05) is 13.2 Å². The van der Waals surface area contributed by atoms with Gasteiger partial charge >= 0.3 is 0 Å². The van der Waals surface area contributed by atoms with Crippen LogP contribution in [0.1, 0.15) is 0 Å². The molecule has 2 aromatic carbocycles. The molecule has 3 aromatic rings. The molecule has 16 nitrogen and oxygen atoms in total. The normalized spacial score (nSPS) is 31.6. The van der Waals surface area contributed by atoms with Gasteiger partial charge in [-0.15, -0.1) is 0 Å². The lowest BCUT2D eigenvalue weighted by Crippen LogP contribution is -2.60. The summed E-state index contributed by atoms with van der Waals surface area (Å²) in [6.45, 7) is -1.32. The zero-order chi connectivity index (χ0) is 30.5. The molecule has 2 aliphatic heterocycles. The van der Waals surface area contributed by atoms with Crippen molar-refractivity contribution in [2.24, 2.45) is 0 Å². The van der Waals surface area contributed by atoms with E-state index < -0.39 is 108 Å². The summed E-state index contributed by atoms with van der Waals surface area (Å²) in [6.07, 6.45) is -15.8. The van der Waals surface area contributed by atoms with Crippen molar-refractivity contribution >= 4 is 11.0 Å². The number of aromatic hydroxyl groups is 3. The van der Waals surface area contributed by atoms with E-state index in [0.717, 1.165) is 6.07 Å². The predicted octanol–water partition coefficient (Wildman–Crippen LogP) is -2.43. The lowest BCUT2D eigenvalue weighted by molar-refractivity contribution is -0.277. The summed E-state index contributed by atoms with van der Waals surface area (Å²) in [4.78, 5) is 13.3. The molecule has 228 valence electrons. The number of aliphatic hydroxyl groups excluding tert-OH is 7. The van der Waals surface area contributed by atoms with Gasteiger partial charge in [0.25, 0.3) is 0 Å². The van der Waals surface area contributed by atoms with Crippen LogP contribution in [-0.4, -0.2) is 120 Å². The van der Waals surface area contributed by atoms with Gasteiger partial charge in [0, 0.05) is 11.6 Å². The molecule has 3 heterocycles. The van der Waals surface area contributed by atoms with Gasteiger partial charge in [0.15, 0.2) is 16.8 Å². The Bertz CT molecular complexity index is 1490. The highest BCUT2D eigenvalue weighted by atomic mass is 16.7. The number of rotatable bonds is 6. The monoisotopic (exact) mass is 596 g/mol. The molecule has 10 N–H and O–H groups in total. The molecule has 0 aliphatic carbocycles. The summed E-state index contributed by atoms with van der Waals surface area (Å²) in [7, 11) is 0. The zero-order valence-corrected chi connectivity index (χ0v) is 21.4. The van der Waals surface area contributed by atoms with Gasteiger partial charge in [-0.25, -0.2) is 0 Å². The number of aliphatic hydroxyl groups is 7. The molecular weight excluding hydrogens is 568 g/mol. The van der Waals surface area contributed by atoms with Crippen molar-refractivity contribution < 1.29 is 74.4 Å². The van der Waals surface area contributed by atoms with E-state index in [1.54, 1.807) is 0 Å². The summed E-state index contributed by atoms with van der Waals surface area (Å²) < 4.78 is 27.3. The Morgan fingerprint density at radius 1 is 0.786 bits per heavy atom. The van der Waals surface area contributed by atoms with Gasteiger partial charge in [-0.05, 0) is 24.3 Å². The summed E-state index contributed by atoms with van der Waals surface area (Å²) in [5.41, 5.74) is -1.23. The van der Waals surface area contributed by atoms with E-state index in [-0.39, 0.29) is 17.1 Å². The first kappa shape index (κ1) is 29.8. The van der Waals surface area contributed by atoms with Gasteiger partial charge < -0.3 is 74.4 Å². The molecule has 16 heteroatoms. The Morgan fingerprint density at radius 2 is 1.43 bits per heavy atom. The number of ether oxygens (including phenoxy) is 4. The fraction of sp³-hybridized carbons (Fsp3) is 0.423. The molecule has 0 saturated carbocycles. The van der Waals surface area contributed by atoms with E-state index in [9.17, 15) is 55.9 Å². The molecule has 0 radical (unpaired) electrons. The minimum Gasteiger partial charge on any atom is -0.508 e. The zero-order valence-electron chi connectivity index (χ0n) is 21.4. The highest BCUT2D eigenvalue weighted by Gasteiger charge is 2.46. The highest BCUT2D eigenvalue weighted by molar-refractivity contribution is 5.95. The Morgan fingerprint density at radius 3 is 2.10 bits per heavy atom. The van der Waals surface area contributed by atoms with Crippen LogP contribution in [0.5, 0.6) is 28.7 Å². The van der Waals surface area contributed by atoms with E-state index in [4.69, 9.17) is 23.4 Å². The molecule has 0 spiro atoms. The molecule has 42 heavy (non-hydrogen) atoms. The Labute approximate surface area is 235 Å². The second-order valence-electron chi connectivity index (χ2n) is 9.76. The number of benzene rings is 2. The molecule has 0 amide bonds. The van der Waals surface area contributed by atoms with Crippen molar-refractivity contribution in [3.05, 3.63) is 40.6 Å². The van der Waals surface area contributed by atoms with Crippen LogP contribution in [0.15, 0.2) is 39.5 Å². The molecule has 9 unspecified atom stereocenters. The lowest BCUT2D eigenvalue weighted by Gasteiger charge is -2.39. The molecule has 2 aliphatic rings. The average Bonchev–Trinajstić information content (AvgIpc) is 2.97. The Balaban J connectivity index is 1.66. The van der Waals surface area contributed by atoms with Gasteiger partial charge in [-0.3, -0.25) is 4.79 Å². The minimum atomic E-state index is -1.97. The van der Waals surface area contributed by atoms with Crippen molar-refractivity contribution in [3.8, 4) is 40.1 Å². The number of phenolic OH excluding ortho intramolecular Hbond substituents is 3. The smallest absolute Gasteiger partial charge is 0.229 e. The van der Waals surface area contributed by atoms with E-state index >= 15 is 0 Å². The average molecular weight is 596 g/mol. The largest absolute Gasteiger partial charge is 0.508 e. The van der Waals surface area contributed by atoms with Crippen molar-refractivity contribution in [1.82, 2.24) is 0 Å². The molecule has 2 saturated heterocycles. The Kier molecular flexibility index (Phi) is 8.17. The minimum absolute atomic E-state index is 0.0876. The van der Waals surface area contributed by atoms with E-state index in [1.807, 2.05) is 0 Å². The molecule has 9 atom stereocenters. The number of hydrogen-bond donors (Lipinski definition) is 10. The third-order valence-electron chi connectivity index (χ3n) is 6.96. The molecule has 0 bridgehead atoms. The van der Waals surface area contributed by atoms with Crippen LogP contribution in [0.3, 0.4) is 0 Å². The number of phenols is 3. The van der Waals surface area contributed by atoms with Crippen LogP contribution < -0.4 is 14.9 Å². The van der Waals surface area contributed by atoms with Crippen LogP contribution in [0.25, 0.3) is 22.3 Å². The van der Waals surface area contributed by atoms with Crippen LogP contribution in [-0.2, 0) is 9.47 Å². The van der Waals surface area contributed by atoms with Crippen LogP contribution in [0.4, 0.5) is 0 Å². The maximum Gasteiger partial charge on any atom is 0.229 e. The van der Waals surface area contributed by atoms with Gasteiger partial charge in [-0.1, -0.05) is 0 Å². The predicted molar refractivity (Wildman–Crippen MR) is 136 cm³/mol. The number of hydrogen-bond acceptors (Lipinski definition) is 16. The first-order chi connectivity index (χ1) is 19.9. The van der Waals surface area contributed by atoms with Crippen molar-refractivity contribution in [1.29, 1.82) is 0 Å². The SMILES string of the molecule is O=c1cc(-c2ccc(O)cc2)oc2c(OC3OC(CO)C(O)C(O)C3O)c(O)c(OC3OCC(O)C(O)C3O)c(O)c12. The topological polar surface area (TPSA) is 269 Å². The first-order valence-electron chi connectivity index (χ1n) is 12.6. The summed E-state index contributed by atoms with van der Waals surface area (Å²) in [5, 5.41) is 102. The molecule has 5 rings (SSSR count). The molecule has 2 fully saturated rings. The summed E-state index contributed by atoms with van der Waals surface area (Å²) in [5.74, 6) is -3.99. The third-order valence-corrected chi connectivity index (χ3v) is 6.96. The first-order valence-corrected chi connectivity index (χ1v) is 12.6. The van der Waals surface area contributed by atoms with E-state index in [0.29, 0.717) is 0 Å². The third kappa shape index (κ3) is 5.19.